The fourth-order valence-electron chi connectivity index (χ4n) is 2.43. The zero-order chi connectivity index (χ0) is 12.6. The van der Waals surface area contributed by atoms with Crippen LogP contribution in [0.1, 0.15) is 53.9 Å². The van der Waals surface area contributed by atoms with E-state index >= 15 is 0 Å². The van der Waals surface area contributed by atoms with Crippen LogP contribution < -0.4 is 0 Å². The van der Waals surface area contributed by atoms with Gasteiger partial charge in [-0.1, -0.05) is 39.8 Å². The van der Waals surface area contributed by atoms with Crippen LogP contribution in [0.3, 0.4) is 0 Å². The maximum absolute atomic E-state index is 3.97. The smallest absolute Gasteiger partial charge is 0.0187 e. The number of piperidine rings is 1. The summed E-state index contributed by atoms with van der Waals surface area (Å²) in [7, 11) is 0. The molecular formula is C15H31N. The average molecular weight is 225 g/mol. The summed E-state index contributed by atoms with van der Waals surface area (Å²) in [5.74, 6) is 1.85. The fraction of sp³-hybridized carbons (Fsp3) is 0.867. The van der Waals surface area contributed by atoms with Gasteiger partial charge in [-0.3, -0.25) is 4.90 Å². The molecule has 1 rings (SSSR count). The fourth-order valence-corrected chi connectivity index (χ4v) is 2.43. The zero-order valence-electron chi connectivity index (χ0n) is 12.1. The normalized spacial score (nSPS) is 18.1. The Morgan fingerprint density at radius 2 is 1.75 bits per heavy atom. The van der Waals surface area contributed by atoms with E-state index in [-0.39, 0.29) is 0 Å². The molecule has 0 atom stereocenters. The Kier molecular flexibility index (Phi) is 8.64. The van der Waals surface area contributed by atoms with Crippen molar-refractivity contribution >= 4 is 0 Å². The minimum atomic E-state index is 0.868. The molecule has 0 saturated carbocycles. The molecule has 16 heavy (non-hydrogen) atoms. The number of nitrogens with zero attached hydrogens (tertiary/aromatic N) is 1. The predicted octanol–water partition coefficient (Wildman–Crippen LogP) is 4.35. The summed E-state index contributed by atoms with van der Waals surface area (Å²) in [6.07, 6.45) is 4.21. The van der Waals surface area contributed by atoms with Crippen molar-refractivity contribution in [2.24, 2.45) is 11.8 Å². The highest BCUT2D eigenvalue weighted by Crippen LogP contribution is 2.24. The number of rotatable bonds is 4. The predicted molar refractivity (Wildman–Crippen MR) is 74.8 cm³/mol. The summed E-state index contributed by atoms with van der Waals surface area (Å²) >= 11 is 0. The molecule has 1 nitrogen and oxygen atoms in total. The first kappa shape index (κ1) is 15.7. The van der Waals surface area contributed by atoms with E-state index in [4.69, 9.17) is 0 Å². The van der Waals surface area contributed by atoms with Gasteiger partial charge >= 0.3 is 0 Å². The van der Waals surface area contributed by atoms with Gasteiger partial charge in [-0.25, -0.2) is 0 Å². The highest BCUT2D eigenvalue weighted by atomic mass is 15.1. The van der Waals surface area contributed by atoms with E-state index in [1.807, 2.05) is 13.8 Å². The number of hydrogen-bond acceptors (Lipinski definition) is 1. The lowest BCUT2D eigenvalue weighted by molar-refractivity contribution is 0.182. The minimum Gasteiger partial charge on any atom is -0.299 e. The zero-order valence-corrected chi connectivity index (χ0v) is 12.1. The van der Waals surface area contributed by atoms with Gasteiger partial charge in [0.1, 0.15) is 0 Å². The minimum absolute atomic E-state index is 0.868. The van der Waals surface area contributed by atoms with Crippen molar-refractivity contribution in [3.63, 3.8) is 0 Å². The topological polar surface area (TPSA) is 3.24 Å². The van der Waals surface area contributed by atoms with E-state index in [9.17, 15) is 0 Å². The molecule has 0 aromatic heterocycles. The van der Waals surface area contributed by atoms with Crippen LogP contribution in [0.25, 0.3) is 0 Å². The van der Waals surface area contributed by atoms with Crippen LogP contribution in [-0.4, -0.2) is 24.5 Å². The van der Waals surface area contributed by atoms with Gasteiger partial charge < -0.3 is 0 Å². The average Bonchev–Trinajstić information content (AvgIpc) is 2.22. The summed E-state index contributed by atoms with van der Waals surface area (Å²) in [6.45, 7) is 18.4. The third kappa shape index (κ3) is 7.05. The van der Waals surface area contributed by atoms with Crippen LogP contribution in [0, 0.1) is 11.8 Å². The van der Waals surface area contributed by atoms with Crippen molar-refractivity contribution in [1.29, 1.82) is 0 Å². The molecule has 0 aromatic rings. The molecule has 0 spiro atoms. The molecule has 1 aliphatic heterocycles. The molecule has 1 heterocycles. The lowest BCUT2D eigenvalue weighted by Gasteiger charge is -2.32. The van der Waals surface area contributed by atoms with Crippen LogP contribution in [-0.2, 0) is 0 Å². The largest absolute Gasteiger partial charge is 0.299 e. The molecular weight excluding hydrogens is 194 g/mol. The first-order valence-corrected chi connectivity index (χ1v) is 6.94. The van der Waals surface area contributed by atoms with E-state index in [2.05, 4.69) is 32.3 Å². The molecule has 0 amide bonds. The van der Waals surface area contributed by atoms with Crippen molar-refractivity contribution in [2.75, 3.05) is 19.6 Å². The van der Waals surface area contributed by atoms with Crippen LogP contribution in [0.4, 0.5) is 0 Å². The molecule has 1 fully saturated rings. The van der Waals surface area contributed by atoms with Crippen LogP contribution in [0.2, 0.25) is 0 Å². The second-order valence-electron chi connectivity index (χ2n) is 5.31. The lowest BCUT2D eigenvalue weighted by Crippen LogP contribution is -2.35. The third-order valence-corrected chi connectivity index (χ3v) is 3.01. The van der Waals surface area contributed by atoms with E-state index in [1.165, 1.54) is 37.9 Å². The van der Waals surface area contributed by atoms with Crippen molar-refractivity contribution < 1.29 is 0 Å². The summed E-state index contributed by atoms with van der Waals surface area (Å²) < 4.78 is 0. The SMILES string of the molecule is C=C(C)CN1CCC(CC(C)C)CC1.CC. The van der Waals surface area contributed by atoms with Gasteiger partial charge in [-0.2, -0.15) is 0 Å². The van der Waals surface area contributed by atoms with Crippen molar-refractivity contribution in [3.05, 3.63) is 12.2 Å². The highest BCUT2D eigenvalue weighted by Gasteiger charge is 2.19. The van der Waals surface area contributed by atoms with Gasteiger partial charge in [-0.15, -0.1) is 0 Å². The van der Waals surface area contributed by atoms with Gasteiger partial charge in [0.2, 0.25) is 0 Å². The lowest BCUT2D eigenvalue weighted by atomic mass is 9.88. The second-order valence-corrected chi connectivity index (χ2v) is 5.31. The molecule has 0 aromatic carbocycles. The molecule has 0 radical (unpaired) electrons. The molecule has 0 N–H and O–H groups in total. The molecule has 96 valence electrons. The molecule has 0 unspecified atom stereocenters. The summed E-state index contributed by atoms with van der Waals surface area (Å²) in [4.78, 5) is 2.54. The highest BCUT2D eigenvalue weighted by molar-refractivity contribution is 4.92. The Morgan fingerprint density at radius 3 is 2.12 bits per heavy atom. The van der Waals surface area contributed by atoms with E-state index < -0.39 is 0 Å². The van der Waals surface area contributed by atoms with Crippen LogP contribution >= 0.6 is 0 Å². The summed E-state index contributed by atoms with van der Waals surface area (Å²) in [5, 5.41) is 0. The van der Waals surface area contributed by atoms with Gasteiger partial charge in [-0.05, 0) is 51.1 Å². The van der Waals surface area contributed by atoms with E-state index in [0.717, 1.165) is 18.4 Å². The summed E-state index contributed by atoms with van der Waals surface area (Å²) in [5.41, 5.74) is 1.30. The Hall–Kier alpha value is -0.300. The van der Waals surface area contributed by atoms with Crippen LogP contribution in [0.15, 0.2) is 12.2 Å². The Balaban J connectivity index is 0.00000106. The van der Waals surface area contributed by atoms with E-state index in [0.29, 0.717) is 0 Å². The molecule has 1 saturated heterocycles. The monoisotopic (exact) mass is 225 g/mol. The molecule has 0 bridgehead atoms. The van der Waals surface area contributed by atoms with Crippen molar-refractivity contribution in [2.45, 2.75) is 53.9 Å². The maximum atomic E-state index is 3.97. The standard InChI is InChI=1S/C13H25N.C2H6/c1-11(2)9-13-5-7-14(8-6-13)10-12(3)4;1-2/h11,13H,3,5-10H2,1-2,4H3;1-2H3. The van der Waals surface area contributed by atoms with Gasteiger partial charge in [0, 0.05) is 6.54 Å². The van der Waals surface area contributed by atoms with Gasteiger partial charge in [0.15, 0.2) is 0 Å². The van der Waals surface area contributed by atoms with E-state index in [1.54, 1.807) is 0 Å². The maximum Gasteiger partial charge on any atom is 0.0187 e. The van der Waals surface area contributed by atoms with Crippen LogP contribution in [0.5, 0.6) is 0 Å². The first-order valence-electron chi connectivity index (χ1n) is 6.94. The number of likely N-dealkylation sites (tertiary alicyclic amines) is 1. The molecule has 1 aliphatic rings. The van der Waals surface area contributed by atoms with Gasteiger partial charge in [0.05, 0.1) is 0 Å². The van der Waals surface area contributed by atoms with Gasteiger partial charge in [0.25, 0.3) is 0 Å². The first-order chi connectivity index (χ1) is 7.58. The Bertz CT molecular complexity index is 176. The van der Waals surface area contributed by atoms with Crippen molar-refractivity contribution in [1.82, 2.24) is 4.90 Å². The summed E-state index contributed by atoms with van der Waals surface area (Å²) in [6, 6.07) is 0. The Morgan fingerprint density at radius 1 is 1.25 bits per heavy atom. The number of hydrogen-bond donors (Lipinski definition) is 0. The molecule has 0 aliphatic carbocycles. The molecule has 1 heteroatoms. The van der Waals surface area contributed by atoms with Crippen molar-refractivity contribution in [3.8, 4) is 0 Å². The quantitative estimate of drug-likeness (QED) is 0.643. The second kappa shape index (κ2) is 8.81. The third-order valence-electron chi connectivity index (χ3n) is 3.01. The Labute approximate surface area is 103 Å².